The Hall–Kier alpha value is -2.83. The highest BCUT2D eigenvalue weighted by atomic mass is 16.6. The van der Waals surface area contributed by atoms with Crippen molar-refractivity contribution in [2.75, 3.05) is 6.54 Å². The summed E-state index contributed by atoms with van der Waals surface area (Å²) in [4.78, 5) is 23.7. The Morgan fingerprint density at radius 2 is 2.10 bits per heavy atom. The van der Waals surface area contributed by atoms with E-state index in [1.807, 2.05) is 6.07 Å². The summed E-state index contributed by atoms with van der Waals surface area (Å²) >= 11 is 0. The van der Waals surface area contributed by atoms with Crippen molar-refractivity contribution in [2.45, 2.75) is 13.0 Å². The number of carbonyl (C=O) groups is 1. The van der Waals surface area contributed by atoms with Gasteiger partial charge < -0.3 is 14.4 Å². The molecule has 0 saturated carbocycles. The molecule has 1 N–H and O–H groups in total. The second kappa shape index (κ2) is 4.93. The second-order valence-corrected chi connectivity index (χ2v) is 4.82. The van der Waals surface area contributed by atoms with E-state index in [1.165, 1.54) is 6.07 Å². The van der Waals surface area contributed by atoms with E-state index in [0.717, 1.165) is 17.2 Å². The fraction of sp³-hybridized carbons (Fsp3) is 0.214. The Bertz CT molecular complexity index is 722. The van der Waals surface area contributed by atoms with Crippen molar-refractivity contribution in [3.63, 3.8) is 0 Å². The van der Waals surface area contributed by atoms with E-state index in [-0.39, 0.29) is 11.5 Å². The van der Waals surface area contributed by atoms with Gasteiger partial charge in [-0.2, -0.15) is 0 Å². The summed E-state index contributed by atoms with van der Waals surface area (Å²) in [6.45, 7) is 0.849. The standard InChI is InChI=1S/C14H12N2O5/c17-11-2-1-9-5-6-15(8-10(9)7-11)14(18)12-3-4-13(21-12)16(19)20/h1-4,7,17H,5-6,8H2. The molecule has 3 rings (SSSR count). The number of phenolic OH excluding ortho intramolecular Hbond substituents is 1. The van der Waals surface area contributed by atoms with Gasteiger partial charge >= 0.3 is 5.88 Å². The van der Waals surface area contributed by atoms with Crippen LogP contribution in [0.25, 0.3) is 0 Å². The van der Waals surface area contributed by atoms with Crippen molar-refractivity contribution in [1.82, 2.24) is 4.90 Å². The van der Waals surface area contributed by atoms with Crippen molar-refractivity contribution in [3.8, 4) is 5.75 Å². The molecule has 1 aromatic carbocycles. The van der Waals surface area contributed by atoms with Gasteiger partial charge in [0.1, 0.15) is 10.7 Å². The van der Waals surface area contributed by atoms with Crippen molar-refractivity contribution in [1.29, 1.82) is 0 Å². The van der Waals surface area contributed by atoms with Crippen LogP contribution in [0, 0.1) is 10.1 Å². The summed E-state index contributed by atoms with van der Waals surface area (Å²) in [6, 6.07) is 7.55. The summed E-state index contributed by atoms with van der Waals surface area (Å²) in [6.07, 6.45) is 0.671. The number of hydrogen-bond donors (Lipinski definition) is 1. The van der Waals surface area contributed by atoms with Gasteiger partial charge in [0, 0.05) is 13.1 Å². The van der Waals surface area contributed by atoms with Crippen LogP contribution in [-0.4, -0.2) is 27.4 Å². The number of phenols is 1. The molecular formula is C14H12N2O5. The second-order valence-electron chi connectivity index (χ2n) is 4.82. The number of furan rings is 1. The molecule has 7 nitrogen and oxygen atoms in total. The monoisotopic (exact) mass is 288 g/mol. The number of nitrogens with zero attached hydrogens (tertiary/aromatic N) is 2. The van der Waals surface area contributed by atoms with Crippen molar-refractivity contribution in [2.24, 2.45) is 0 Å². The third kappa shape index (κ3) is 2.45. The van der Waals surface area contributed by atoms with Crippen LogP contribution in [0.1, 0.15) is 21.7 Å². The summed E-state index contributed by atoms with van der Waals surface area (Å²) in [5.74, 6) is -0.743. The summed E-state index contributed by atoms with van der Waals surface area (Å²) < 4.78 is 4.93. The molecule has 108 valence electrons. The molecule has 0 fully saturated rings. The maximum absolute atomic E-state index is 12.3. The highest BCUT2D eigenvalue weighted by molar-refractivity contribution is 5.91. The molecule has 0 bridgehead atoms. The van der Waals surface area contributed by atoms with Gasteiger partial charge in [-0.25, -0.2) is 0 Å². The Morgan fingerprint density at radius 1 is 1.29 bits per heavy atom. The lowest BCUT2D eigenvalue weighted by Gasteiger charge is -2.28. The molecule has 7 heteroatoms. The minimum absolute atomic E-state index is 0.0506. The van der Waals surface area contributed by atoms with Gasteiger partial charge in [0.2, 0.25) is 0 Å². The first-order valence-electron chi connectivity index (χ1n) is 6.39. The summed E-state index contributed by atoms with van der Waals surface area (Å²) in [7, 11) is 0. The normalized spacial score (nSPS) is 13.8. The third-order valence-corrected chi connectivity index (χ3v) is 3.47. The van der Waals surface area contributed by atoms with Gasteiger partial charge in [-0.05, 0) is 35.7 Å². The van der Waals surface area contributed by atoms with Gasteiger partial charge in [0.05, 0.1) is 6.07 Å². The van der Waals surface area contributed by atoms with E-state index >= 15 is 0 Å². The van der Waals surface area contributed by atoms with Gasteiger partial charge in [-0.1, -0.05) is 6.07 Å². The molecule has 21 heavy (non-hydrogen) atoms. The van der Waals surface area contributed by atoms with E-state index in [0.29, 0.717) is 19.5 Å². The zero-order chi connectivity index (χ0) is 15.0. The van der Waals surface area contributed by atoms with Crippen molar-refractivity contribution >= 4 is 11.8 Å². The van der Waals surface area contributed by atoms with Crippen molar-refractivity contribution in [3.05, 3.63) is 57.3 Å². The van der Waals surface area contributed by atoms with Crippen LogP contribution in [0.2, 0.25) is 0 Å². The molecule has 2 aromatic rings. The molecule has 1 aliphatic rings. The topological polar surface area (TPSA) is 96.8 Å². The largest absolute Gasteiger partial charge is 0.508 e. The van der Waals surface area contributed by atoms with Gasteiger partial charge in [0.15, 0.2) is 5.76 Å². The van der Waals surface area contributed by atoms with Gasteiger partial charge in [-0.3, -0.25) is 14.9 Å². The predicted molar refractivity (Wildman–Crippen MR) is 71.9 cm³/mol. The van der Waals surface area contributed by atoms with E-state index in [4.69, 9.17) is 4.42 Å². The molecule has 2 heterocycles. The molecular weight excluding hydrogens is 276 g/mol. The maximum Gasteiger partial charge on any atom is 0.433 e. The first-order chi connectivity index (χ1) is 10.0. The lowest BCUT2D eigenvalue weighted by Crippen LogP contribution is -2.35. The summed E-state index contributed by atoms with van der Waals surface area (Å²) in [5.41, 5.74) is 1.96. The fourth-order valence-electron chi connectivity index (χ4n) is 2.41. The SMILES string of the molecule is O=C(c1ccc([N+](=O)[O-])o1)N1CCc2ccc(O)cc2C1. The molecule has 0 saturated heterocycles. The number of hydrogen-bond acceptors (Lipinski definition) is 5. The molecule has 0 atom stereocenters. The minimum atomic E-state index is -0.680. The molecule has 0 unspecified atom stereocenters. The Balaban J connectivity index is 1.81. The molecule has 1 amide bonds. The Morgan fingerprint density at radius 3 is 2.81 bits per heavy atom. The smallest absolute Gasteiger partial charge is 0.433 e. The third-order valence-electron chi connectivity index (χ3n) is 3.47. The first kappa shape index (κ1) is 13.2. The van der Waals surface area contributed by atoms with E-state index in [1.54, 1.807) is 17.0 Å². The van der Waals surface area contributed by atoms with Crippen LogP contribution in [-0.2, 0) is 13.0 Å². The minimum Gasteiger partial charge on any atom is -0.508 e. The molecule has 1 aliphatic heterocycles. The van der Waals surface area contributed by atoms with Gasteiger partial charge in [0.25, 0.3) is 5.91 Å². The summed E-state index contributed by atoms with van der Waals surface area (Å²) in [5, 5.41) is 20.1. The van der Waals surface area contributed by atoms with E-state index < -0.39 is 16.7 Å². The number of rotatable bonds is 2. The van der Waals surface area contributed by atoms with Crippen LogP contribution < -0.4 is 0 Å². The average Bonchev–Trinajstić information content (AvgIpc) is 2.95. The quantitative estimate of drug-likeness (QED) is 0.674. The molecule has 1 aromatic heterocycles. The van der Waals surface area contributed by atoms with Crippen LogP contribution in [0.5, 0.6) is 5.75 Å². The van der Waals surface area contributed by atoms with Gasteiger partial charge in [-0.15, -0.1) is 0 Å². The zero-order valence-electron chi connectivity index (χ0n) is 11.0. The molecule has 0 aliphatic carbocycles. The lowest BCUT2D eigenvalue weighted by atomic mass is 9.99. The number of aromatic hydroxyl groups is 1. The van der Waals surface area contributed by atoms with Crippen LogP contribution in [0.15, 0.2) is 34.7 Å². The number of carbonyl (C=O) groups excluding carboxylic acids is 1. The highest BCUT2D eigenvalue weighted by Gasteiger charge is 2.25. The van der Waals surface area contributed by atoms with Crippen LogP contribution in [0.3, 0.4) is 0 Å². The Kier molecular flexibility index (Phi) is 3.09. The van der Waals surface area contributed by atoms with Crippen LogP contribution >= 0.6 is 0 Å². The maximum atomic E-state index is 12.3. The van der Waals surface area contributed by atoms with E-state index in [9.17, 15) is 20.0 Å². The average molecular weight is 288 g/mol. The molecule has 0 radical (unpaired) electrons. The number of nitro groups is 1. The number of benzene rings is 1. The zero-order valence-corrected chi connectivity index (χ0v) is 11.0. The first-order valence-corrected chi connectivity index (χ1v) is 6.39. The van der Waals surface area contributed by atoms with E-state index in [2.05, 4.69) is 0 Å². The lowest BCUT2D eigenvalue weighted by molar-refractivity contribution is -0.402. The Labute approximate surface area is 119 Å². The van der Waals surface area contributed by atoms with Crippen molar-refractivity contribution < 1.29 is 19.2 Å². The van der Waals surface area contributed by atoms with Crippen LogP contribution in [0.4, 0.5) is 5.88 Å². The predicted octanol–water partition coefficient (Wildman–Crippen LogP) is 2.09. The number of amides is 1. The number of fused-ring (bicyclic) bond motifs is 1. The highest BCUT2D eigenvalue weighted by Crippen LogP contribution is 2.25. The molecule has 0 spiro atoms. The fourth-order valence-corrected chi connectivity index (χ4v) is 2.41.